The highest BCUT2D eigenvalue weighted by molar-refractivity contribution is 7.94. The summed E-state index contributed by atoms with van der Waals surface area (Å²) < 4.78 is 56.0. The molecule has 1 aromatic carbocycles. The minimum absolute atomic E-state index is 0.0672. The van der Waals surface area contributed by atoms with Crippen LogP contribution in [0.5, 0.6) is 0 Å². The Morgan fingerprint density at radius 1 is 1.13 bits per heavy atom. The molecule has 0 radical (unpaired) electrons. The second-order valence-corrected chi connectivity index (χ2v) is 8.90. The molecule has 3 aromatic rings. The molecule has 0 atom stereocenters. The summed E-state index contributed by atoms with van der Waals surface area (Å²) in [6.07, 6.45) is 6.15. The monoisotopic (exact) mass is 446 g/mol. The lowest BCUT2D eigenvalue weighted by atomic mass is 10.1. The van der Waals surface area contributed by atoms with Crippen LogP contribution in [-0.4, -0.2) is 22.3 Å². The first-order valence-corrected chi connectivity index (χ1v) is 10.6. The van der Waals surface area contributed by atoms with Crippen molar-refractivity contribution in [3.8, 4) is 0 Å². The Morgan fingerprint density at radius 3 is 2.55 bits per heavy atom. The van der Waals surface area contributed by atoms with Gasteiger partial charge >= 0.3 is 0 Å². The molecule has 0 bridgehead atoms. The van der Waals surface area contributed by atoms with Gasteiger partial charge in [0, 0.05) is 12.3 Å². The molecule has 2 aromatic heterocycles. The van der Waals surface area contributed by atoms with Gasteiger partial charge in [-0.05, 0) is 38.0 Å². The number of benzene rings is 1. The van der Waals surface area contributed by atoms with Crippen LogP contribution in [0.1, 0.15) is 19.8 Å². The van der Waals surface area contributed by atoms with E-state index in [2.05, 4.69) is 10.3 Å². The van der Waals surface area contributed by atoms with Crippen molar-refractivity contribution in [3.05, 3.63) is 81.0 Å². The second-order valence-electron chi connectivity index (χ2n) is 7.03. The quantitative estimate of drug-likeness (QED) is 0.447. The maximum absolute atomic E-state index is 14.8. The van der Waals surface area contributed by atoms with Crippen LogP contribution in [0.15, 0.2) is 59.3 Å². The fourth-order valence-electron chi connectivity index (χ4n) is 3.30. The van der Waals surface area contributed by atoms with Crippen molar-refractivity contribution in [1.82, 2.24) is 8.96 Å². The molecule has 0 spiro atoms. The van der Waals surface area contributed by atoms with E-state index in [0.717, 1.165) is 33.9 Å². The predicted octanol–water partition coefficient (Wildman–Crippen LogP) is 4.77. The average Bonchev–Trinajstić information content (AvgIpc) is 3.08. The molecule has 8 nitrogen and oxygen atoms in total. The van der Waals surface area contributed by atoms with Crippen molar-refractivity contribution in [2.45, 2.75) is 19.8 Å². The smallest absolute Gasteiger partial charge is 0.272 e. The molecular weight excluding hydrogens is 430 g/mol. The maximum atomic E-state index is 14.8. The van der Waals surface area contributed by atoms with Crippen LogP contribution in [0, 0.1) is 21.7 Å². The Balaban J connectivity index is 1.79. The minimum atomic E-state index is -4.05. The molecule has 31 heavy (non-hydrogen) atoms. The number of anilines is 2. The number of rotatable bonds is 5. The number of nitro groups is 1. The van der Waals surface area contributed by atoms with Crippen molar-refractivity contribution in [2.24, 2.45) is 0 Å². The number of nitrogens with one attached hydrogen (secondary N) is 1. The standard InChI is InChI=1S/C20H16F2N4O4S/c1-12-2-5-14(6-3-12)31(29,30)25-11-16(22)19-18(8-9-23-20(19)25)24-17-7-4-13(26(27)28)10-15(17)21/h2,4-5,7-11H,3,6H2,1H3,(H,23,24). The minimum Gasteiger partial charge on any atom is -0.352 e. The number of non-ortho nitro benzene ring substituents is 1. The molecule has 0 saturated carbocycles. The number of hydrogen-bond donors (Lipinski definition) is 1. The van der Waals surface area contributed by atoms with Gasteiger partial charge in [0.15, 0.2) is 17.3 Å². The van der Waals surface area contributed by atoms with Crippen LogP contribution in [0.25, 0.3) is 11.0 Å². The Kier molecular flexibility index (Phi) is 5.05. The van der Waals surface area contributed by atoms with Crippen molar-refractivity contribution in [2.75, 3.05) is 5.32 Å². The summed E-state index contributed by atoms with van der Waals surface area (Å²) >= 11 is 0. The van der Waals surface area contributed by atoms with Gasteiger partial charge < -0.3 is 5.32 Å². The van der Waals surface area contributed by atoms with Crippen LogP contribution in [0.4, 0.5) is 25.8 Å². The van der Waals surface area contributed by atoms with E-state index >= 15 is 0 Å². The second kappa shape index (κ2) is 7.58. The third kappa shape index (κ3) is 3.67. The Morgan fingerprint density at radius 2 is 1.90 bits per heavy atom. The summed E-state index contributed by atoms with van der Waals surface area (Å²) in [5.74, 6) is -1.78. The van der Waals surface area contributed by atoms with E-state index < -0.39 is 32.3 Å². The molecule has 0 fully saturated rings. The summed E-state index contributed by atoms with van der Waals surface area (Å²) in [6, 6.07) is 4.33. The van der Waals surface area contributed by atoms with E-state index in [9.17, 15) is 27.3 Å². The van der Waals surface area contributed by atoms with E-state index in [0.29, 0.717) is 6.42 Å². The highest BCUT2D eigenvalue weighted by atomic mass is 32.2. The zero-order valence-corrected chi connectivity index (χ0v) is 17.0. The first kappa shape index (κ1) is 20.7. The van der Waals surface area contributed by atoms with E-state index in [-0.39, 0.29) is 33.7 Å². The Bertz CT molecular complexity index is 1390. The molecule has 160 valence electrons. The lowest BCUT2D eigenvalue weighted by molar-refractivity contribution is -0.385. The summed E-state index contributed by atoms with van der Waals surface area (Å²) in [5, 5.41) is 13.3. The molecule has 0 aliphatic heterocycles. The van der Waals surface area contributed by atoms with Gasteiger partial charge in [0.1, 0.15) is 0 Å². The fraction of sp³-hybridized carbons (Fsp3) is 0.150. The number of nitrogens with zero attached hydrogens (tertiary/aromatic N) is 3. The molecule has 1 N–H and O–H groups in total. The molecule has 2 heterocycles. The van der Waals surface area contributed by atoms with Gasteiger partial charge in [-0.15, -0.1) is 0 Å². The van der Waals surface area contributed by atoms with Gasteiger partial charge in [-0.2, -0.15) is 0 Å². The van der Waals surface area contributed by atoms with Gasteiger partial charge in [0.2, 0.25) is 0 Å². The van der Waals surface area contributed by atoms with E-state index in [1.165, 1.54) is 18.3 Å². The number of nitro benzene ring substituents is 1. The molecular formula is C20H16F2N4O4S. The first-order valence-electron chi connectivity index (χ1n) is 9.17. The summed E-state index contributed by atoms with van der Waals surface area (Å²) in [5.41, 5.74) is 0.381. The van der Waals surface area contributed by atoms with Crippen LogP contribution in [-0.2, 0) is 10.0 Å². The number of aromatic nitrogens is 2. The van der Waals surface area contributed by atoms with Crippen LogP contribution in [0.3, 0.4) is 0 Å². The SMILES string of the molecule is CC1=CC=C(S(=O)(=O)n2cc(F)c3c(Nc4ccc([N+](=O)[O-])cc4F)ccnc32)CC1. The molecule has 0 saturated heterocycles. The highest BCUT2D eigenvalue weighted by Crippen LogP contribution is 2.33. The average molecular weight is 446 g/mol. The normalized spacial score (nSPS) is 14.3. The van der Waals surface area contributed by atoms with Crippen LogP contribution in [0.2, 0.25) is 0 Å². The van der Waals surface area contributed by atoms with Crippen molar-refractivity contribution in [3.63, 3.8) is 0 Å². The third-order valence-electron chi connectivity index (χ3n) is 4.95. The Hall–Kier alpha value is -3.60. The first-order chi connectivity index (χ1) is 14.7. The lowest BCUT2D eigenvalue weighted by Crippen LogP contribution is -2.15. The van der Waals surface area contributed by atoms with Gasteiger partial charge in [0.25, 0.3) is 15.7 Å². The van der Waals surface area contributed by atoms with Crippen molar-refractivity contribution >= 4 is 38.1 Å². The zero-order valence-electron chi connectivity index (χ0n) is 16.2. The fourth-order valence-corrected chi connectivity index (χ4v) is 4.75. The molecule has 4 rings (SSSR count). The van der Waals surface area contributed by atoms with E-state index in [4.69, 9.17) is 0 Å². The number of allylic oxidation sites excluding steroid dienone is 4. The van der Waals surface area contributed by atoms with E-state index in [1.807, 2.05) is 6.92 Å². The van der Waals surface area contributed by atoms with Gasteiger partial charge in [-0.25, -0.2) is 26.2 Å². The van der Waals surface area contributed by atoms with Crippen molar-refractivity contribution in [1.29, 1.82) is 0 Å². The van der Waals surface area contributed by atoms with Gasteiger partial charge in [-0.1, -0.05) is 11.6 Å². The third-order valence-corrected chi connectivity index (χ3v) is 6.75. The lowest BCUT2D eigenvalue weighted by Gasteiger charge is -2.14. The molecule has 1 aliphatic carbocycles. The number of fused-ring (bicyclic) bond motifs is 1. The molecule has 0 amide bonds. The highest BCUT2D eigenvalue weighted by Gasteiger charge is 2.26. The van der Waals surface area contributed by atoms with Crippen LogP contribution >= 0.6 is 0 Å². The van der Waals surface area contributed by atoms with Crippen LogP contribution < -0.4 is 5.32 Å². The summed E-state index contributed by atoms with van der Waals surface area (Å²) in [4.78, 5) is 14.2. The summed E-state index contributed by atoms with van der Waals surface area (Å²) in [6.45, 7) is 1.89. The largest absolute Gasteiger partial charge is 0.352 e. The molecule has 11 heteroatoms. The predicted molar refractivity (Wildman–Crippen MR) is 111 cm³/mol. The maximum Gasteiger partial charge on any atom is 0.272 e. The number of pyridine rings is 1. The summed E-state index contributed by atoms with van der Waals surface area (Å²) in [7, 11) is -4.05. The van der Waals surface area contributed by atoms with Crippen molar-refractivity contribution < 1.29 is 22.1 Å². The molecule has 0 unspecified atom stereocenters. The van der Waals surface area contributed by atoms with E-state index in [1.54, 1.807) is 6.08 Å². The van der Waals surface area contributed by atoms with Gasteiger partial charge in [-0.3, -0.25) is 10.1 Å². The number of halogens is 2. The number of hydrogen-bond acceptors (Lipinski definition) is 6. The zero-order chi connectivity index (χ0) is 22.3. The molecule has 1 aliphatic rings. The van der Waals surface area contributed by atoms with Gasteiger partial charge in [0.05, 0.1) is 38.9 Å². The topological polar surface area (TPSA) is 107 Å². The Labute approximate surface area is 175 Å².